The molecule has 1 nitrogen and oxygen atoms in total. The quantitative estimate of drug-likeness (QED) is 0.550. The first-order valence-corrected chi connectivity index (χ1v) is 6.91. The van der Waals surface area contributed by atoms with Gasteiger partial charge < -0.3 is 0 Å². The zero-order valence-electron chi connectivity index (χ0n) is 8.46. The number of Topliss-reactive ketones (excluding diaryl/α,β-unsaturated/α-hetero) is 1. The van der Waals surface area contributed by atoms with E-state index in [2.05, 4.69) is 22.6 Å². The number of ketones is 1. The lowest BCUT2D eigenvalue weighted by Gasteiger charge is -2.01. The van der Waals surface area contributed by atoms with Gasteiger partial charge in [-0.2, -0.15) is 0 Å². The van der Waals surface area contributed by atoms with E-state index in [9.17, 15) is 4.79 Å². The monoisotopic (exact) mass is 362 g/mol. The van der Waals surface area contributed by atoms with Crippen molar-refractivity contribution in [1.82, 2.24) is 0 Å². The highest BCUT2D eigenvalue weighted by Crippen LogP contribution is 2.33. The van der Waals surface area contributed by atoms with E-state index < -0.39 is 0 Å². The number of thiophene rings is 1. The van der Waals surface area contributed by atoms with E-state index in [4.69, 9.17) is 11.6 Å². The molecule has 0 spiro atoms. The molecule has 0 N–H and O–H groups in total. The highest BCUT2D eigenvalue weighted by molar-refractivity contribution is 14.1. The summed E-state index contributed by atoms with van der Waals surface area (Å²) in [5.41, 5.74) is 1.13. The van der Waals surface area contributed by atoms with Gasteiger partial charge in [0.15, 0.2) is 5.78 Å². The van der Waals surface area contributed by atoms with Crippen LogP contribution in [0.2, 0.25) is 5.02 Å². The summed E-state index contributed by atoms with van der Waals surface area (Å²) >= 11 is 9.67. The maximum atomic E-state index is 11.2. The molecule has 0 bridgehead atoms. The van der Waals surface area contributed by atoms with Gasteiger partial charge in [0.2, 0.25) is 0 Å². The zero-order valence-corrected chi connectivity index (χ0v) is 12.2. The van der Waals surface area contributed by atoms with Gasteiger partial charge in [0.1, 0.15) is 0 Å². The molecule has 1 heterocycles. The van der Waals surface area contributed by atoms with Crippen LogP contribution in [0.15, 0.2) is 30.3 Å². The molecule has 16 heavy (non-hydrogen) atoms. The Hall–Kier alpha value is -0.390. The van der Waals surface area contributed by atoms with Crippen molar-refractivity contribution in [3.63, 3.8) is 0 Å². The number of halogens is 2. The molecule has 2 aromatic rings. The molecule has 0 fully saturated rings. The van der Waals surface area contributed by atoms with Crippen LogP contribution in [0.1, 0.15) is 16.6 Å². The average molecular weight is 363 g/mol. The second kappa shape index (κ2) is 4.85. The van der Waals surface area contributed by atoms with E-state index in [0.717, 1.165) is 23.9 Å². The average Bonchev–Trinajstić information content (AvgIpc) is 2.66. The third-order valence-electron chi connectivity index (χ3n) is 2.15. The van der Waals surface area contributed by atoms with Crippen LogP contribution in [-0.2, 0) is 0 Å². The molecule has 0 aliphatic rings. The lowest BCUT2D eigenvalue weighted by atomic mass is 10.2. The van der Waals surface area contributed by atoms with Crippen LogP contribution in [0.4, 0.5) is 0 Å². The highest BCUT2D eigenvalue weighted by atomic mass is 127. The van der Waals surface area contributed by atoms with Crippen molar-refractivity contribution in [2.75, 3.05) is 0 Å². The molecule has 0 aliphatic heterocycles. The number of hydrogen-bond donors (Lipinski definition) is 0. The Balaban J connectivity index is 2.46. The molecule has 4 heteroatoms. The Morgan fingerprint density at radius 1 is 1.31 bits per heavy atom. The zero-order chi connectivity index (χ0) is 11.7. The largest absolute Gasteiger partial charge is 0.294 e. The molecule has 0 atom stereocenters. The third kappa shape index (κ3) is 2.47. The molecular weight excluding hydrogens is 355 g/mol. The topological polar surface area (TPSA) is 17.1 Å². The van der Waals surface area contributed by atoms with Gasteiger partial charge in [-0.15, -0.1) is 11.3 Å². The Morgan fingerprint density at radius 2 is 2.06 bits per heavy atom. The Kier molecular flexibility index (Phi) is 3.66. The maximum absolute atomic E-state index is 11.2. The van der Waals surface area contributed by atoms with Crippen LogP contribution >= 0.6 is 45.5 Å². The van der Waals surface area contributed by atoms with Gasteiger partial charge in [-0.3, -0.25) is 4.79 Å². The SMILES string of the molecule is CC(=O)c1ccc(-c2ccc(Cl)cc2I)s1. The summed E-state index contributed by atoms with van der Waals surface area (Å²) in [7, 11) is 0. The Labute approximate surface area is 117 Å². The normalized spacial score (nSPS) is 10.4. The third-order valence-corrected chi connectivity index (χ3v) is 4.50. The van der Waals surface area contributed by atoms with Crippen molar-refractivity contribution in [2.45, 2.75) is 6.92 Å². The highest BCUT2D eigenvalue weighted by Gasteiger charge is 2.08. The molecule has 0 unspecified atom stereocenters. The summed E-state index contributed by atoms with van der Waals surface area (Å²) in [4.78, 5) is 13.1. The lowest BCUT2D eigenvalue weighted by Crippen LogP contribution is -1.83. The molecule has 2 rings (SSSR count). The maximum Gasteiger partial charge on any atom is 0.169 e. The summed E-state index contributed by atoms with van der Waals surface area (Å²) in [6.07, 6.45) is 0. The number of hydrogen-bond acceptors (Lipinski definition) is 2. The van der Waals surface area contributed by atoms with Crippen molar-refractivity contribution in [3.8, 4) is 10.4 Å². The first-order chi connectivity index (χ1) is 7.58. The second-order valence-electron chi connectivity index (χ2n) is 3.34. The first-order valence-electron chi connectivity index (χ1n) is 4.64. The van der Waals surface area contributed by atoms with Gasteiger partial charge in [-0.25, -0.2) is 0 Å². The molecule has 82 valence electrons. The Bertz CT molecular complexity index is 548. The molecule has 0 aliphatic carbocycles. The number of carbonyl (C=O) groups is 1. The summed E-state index contributed by atoms with van der Waals surface area (Å²) < 4.78 is 1.10. The number of rotatable bonds is 2. The minimum Gasteiger partial charge on any atom is -0.294 e. The van der Waals surface area contributed by atoms with Gasteiger partial charge in [0.05, 0.1) is 4.88 Å². The van der Waals surface area contributed by atoms with E-state index in [1.807, 2.05) is 30.3 Å². The van der Waals surface area contributed by atoms with Crippen molar-refractivity contribution < 1.29 is 4.79 Å². The summed E-state index contributed by atoms with van der Waals surface area (Å²) in [5, 5.41) is 0.733. The Morgan fingerprint density at radius 3 is 2.62 bits per heavy atom. The number of carbonyl (C=O) groups excluding carboxylic acids is 1. The van der Waals surface area contributed by atoms with E-state index >= 15 is 0 Å². The van der Waals surface area contributed by atoms with E-state index in [1.54, 1.807) is 6.92 Å². The summed E-state index contributed by atoms with van der Waals surface area (Å²) in [5.74, 6) is 0.111. The van der Waals surface area contributed by atoms with Crippen LogP contribution < -0.4 is 0 Å². The van der Waals surface area contributed by atoms with Gasteiger partial charge in [-0.05, 0) is 53.8 Å². The lowest BCUT2D eigenvalue weighted by molar-refractivity contribution is 0.102. The standard InChI is InChI=1S/C12H8ClIOS/c1-7(15)11-4-5-12(16-11)9-3-2-8(13)6-10(9)14/h2-6H,1H3. The van der Waals surface area contributed by atoms with Gasteiger partial charge in [0.25, 0.3) is 0 Å². The van der Waals surface area contributed by atoms with Gasteiger partial charge in [0, 0.05) is 19.0 Å². The first kappa shape index (κ1) is 12.1. The van der Waals surface area contributed by atoms with E-state index in [0.29, 0.717) is 0 Å². The van der Waals surface area contributed by atoms with Crippen molar-refractivity contribution in [1.29, 1.82) is 0 Å². The molecule has 0 amide bonds. The molecule has 0 saturated heterocycles. The van der Waals surface area contributed by atoms with Crippen LogP contribution in [0.3, 0.4) is 0 Å². The number of benzene rings is 1. The molecule has 1 aromatic heterocycles. The predicted octanol–water partition coefficient (Wildman–Crippen LogP) is 4.88. The van der Waals surface area contributed by atoms with Crippen molar-refractivity contribution in [3.05, 3.63) is 43.8 Å². The van der Waals surface area contributed by atoms with Crippen LogP contribution in [-0.4, -0.2) is 5.78 Å². The fourth-order valence-corrected chi connectivity index (χ4v) is 3.65. The minimum atomic E-state index is 0.111. The van der Waals surface area contributed by atoms with Crippen LogP contribution in [0.5, 0.6) is 0 Å². The molecule has 1 aromatic carbocycles. The molecular formula is C12H8ClIOS. The molecule has 0 radical (unpaired) electrons. The summed E-state index contributed by atoms with van der Waals surface area (Å²) in [6.45, 7) is 1.59. The van der Waals surface area contributed by atoms with Crippen LogP contribution in [0, 0.1) is 3.57 Å². The predicted molar refractivity (Wildman–Crippen MR) is 77.5 cm³/mol. The van der Waals surface area contributed by atoms with Crippen molar-refractivity contribution >= 4 is 51.3 Å². The van der Waals surface area contributed by atoms with Gasteiger partial charge in [-0.1, -0.05) is 17.7 Å². The van der Waals surface area contributed by atoms with E-state index in [1.165, 1.54) is 11.3 Å². The minimum absolute atomic E-state index is 0.111. The molecule has 0 saturated carbocycles. The smallest absolute Gasteiger partial charge is 0.169 e. The fourth-order valence-electron chi connectivity index (χ4n) is 1.36. The van der Waals surface area contributed by atoms with E-state index in [-0.39, 0.29) is 5.78 Å². The second-order valence-corrected chi connectivity index (χ2v) is 6.03. The van der Waals surface area contributed by atoms with Gasteiger partial charge >= 0.3 is 0 Å². The van der Waals surface area contributed by atoms with Crippen molar-refractivity contribution in [2.24, 2.45) is 0 Å². The summed E-state index contributed by atoms with van der Waals surface area (Å²) in [6, 6.07) is 9.62. The van der Waals surface area contributed by atoms with Crippen LogP contribution in [0.25, 0.3) is 10.4 Å². The fraction of sp³-hybridized carbons (Fsp3) is 0.0833.